The first kappa shape index (κ1) is 8.08. The summed E-state index contributed by atoms with van der Waals surface area (Å²) in [6, 6.07) is 8.04. The summed E-state index contributed by atoms with van der Waals surface area (Å²) in [6.45, 7) is 0. The van der Waals surface area contributed by atoms with Crippen LogP contribution in [0.5, 0.6) is 0 Å². The molecule has 0 spiro atoms. The monoisotopic (exact) mass is 263 g/mol. The second kappa shape index (κ2) is 3.98. The van der Waals surface area contributed by atoms with Gasteiger partial charge in [0.2, 0.25) is 0 Å². The van der Waals surface area contributed by atoms with Crippen LogP contribution < -0.4 is 5.32 Å². The molecular weight excluding hydrogens is 258 g/mol. The summed E-state index contributed by atoms with van der Waals surface area (Å²) < 4.78 is 1.10. The van der Waals surface area contributed by atoms with Gasteiger partial charge in [0.1, 0.15) is 0 Å². The molecule has 0 aliphatic rings. The number of hydrogen-bond acceptors (Lipinski definition) is 1. The highest BCUT2D eigenvalue weighted by atomic mass is 79.9. The third kappa shape index (κ3) is 2.31. The number of anilines is 1. The molecular formula is C7H7Br2N. The largest absolute Gasteiger partial charge is 0.375 e. The summed E-state index contributed by atoms with van der Waals surface area (Å²) in [5, 5.41) is 3.14. The zero-order valence-corrected chi connectivity index (χ0v) is 8.44. The minimum absolute atomic E-state index is 0.781. The van der Waals surface area contributed by atoms with E-state index in [2.05, 4.69) is 37.2 Å². The van der Waals surface area contributed by atoms with E-state index in [0.717, 1.165) is 15.6 Å². The lowest BCUT2D eigenvalue weighted by Crippen LogP contribution is -1.92. The molecule has 0 fully saturated rings. The van der Waals surface area contributed by atoms with Crippen molar-refractivity contribution in [2.45, 2.75) is 0 Å². The van der Waals surface area contributed by atoms with Gasteiger partial charge in [-0.3, -0.25) is 0 Å². The zero-order valence-electron chi connectivity index (χ0n) is 5.27. The summed E-state index contributed by atoms with van der Waals surface area (Å²) in [5.74, 6) is 0. The van der Waals surface area contributed by atoms with Gasteiger partial charge in [-0.15, -0.1) is 0 Å². The zero-order chi connectivity index (χ0) is 7.40. The Hall–Kier alpha value is -0.0200. The summed E-state index contributed by atoms with van der Waals surface area (Å²) in [5.41, 5.74) is 1.90. The maximum absolute atomic E-state index is 3.38. The normalized spacial score (nSPS) is 9.40. The van der Waals surface area contributed by atoms with Crippen molar-refractivity contribution < 1.29 is 0 Å². The summed E-state index contributed by atoms with van der Waals surface area (Å²) >= 11 is 6.66. The van der Waals surface area contributed by atoms with Gasteiger partial charge in [-0.05, 0) is 18.2 Å². The van der Waals surface area contributed by atoms with E-state index in [1.807, 2.05) is 24.3 Å². The van der Waals surface area contributed by atoms with E-state index in [1.54, 1.807) is 0 Å². The highest BCUT2D eigenvalue weighted by molar-refractivity contribution is 9.10. The van der Waals surface area contributed by atoms with E-state index in [4.69, 9.17) is 0 Å². The van der Waals surface area contributed by atoms with Gasteiger partial charge in [0.05, 0.1) is 5.45 Å². The fraction of sp³-hybridized carbons (Fsp3) is 0.143. The van der Waals surface area contributed by atoms with E-state index >= 15 is 0 Å². The summed E-state index contributed by atoms with van der Waals surface area (Å²) in [6.07, 6.45) is 0. The van der Waals surface area contributed by atoms with Crippen LogP contribution in [0.1, 0.15) is 0 Å². The minimum atomic E-state index is 0.781. The van der Waals surface area contributed by atoms with Crippen LogP contribution in [0.4, 0.5) is 5.69 Å². The molecule has 1 nitrogen and oxygen atoms in total. The molecule has 10 heavy (non-hydrogen) atoms. The fourth-order valence-corrected chi connectivity index (χ4v) is 1.40. The molecule has 0 radical (unpaired) electrons. The number of alkyl halides is 1. The van der Waals surface area contributed by atoms with Crippen LogP contribution >= 0.6 is 31.9 Å². The summed E-state index contributed by atoms with van der Waals surface area (Å²) in [4.78, 5) is 0. The molecule has 0 heterocycles. The van der Waals surface area contributed by atoms with Gasteiger partial charge in [-0.25, -0.2) is 0 Å². The van der Waals surface area contributed by atoms with E-state index in [-0.39, 0.29) is 0 Å². The number of benzene rings is 1. The fourth-order valence-electron chi connectivity index (χ4n) is 0.676. The first-order valence-corrected chi connectivity index (χ1v) is 4.80. The van der Waals surface area contributed by atoms with Gasteiger partial charge in [-0.1, -0.05) is 37.9 Å². The number of rotatable bonds is 2. The standard InChI is InChI=1S/C7H7Br2N/c8-5-10-7-3-1-2-6(9)4-7/h1-4,10H,5H2. The Bertz CT molecular complexity index is 213. The lowest BCUT2D eigenvalue weighted by molar-refractivity contribution is 1.47. The van der Waals surface area contributed by atoms with Crippen LogP contribution in [0.25, 0.3) is 0 Å². The smallest absolute Gasteiger partial charge is 0.0707 e. The van der Waals surface area contributed by atoms with Gasteiger partial charge in [0.25, 0.3) is 0 Å². The molecule has 0 saturated carbocycles. The molecule has 0 bridgehead atoms. The lowest BCUT2D eigenvalue weighted by Gasteiger charge is -2.00. The Labute approximate surface area is 77.1 Å². The van der Waals surface area contributed by atoms with Crippen LogP contribution in [0.2, 0.25) is 0 Å². The molecule has 1 N–H and O–H groups in total. The van der Waals surface area contributed by atoms with Gasteiger partial charge in [0, 0.05) is 10.2 Å². The van der Waals surface area contributed by atoms with Crippen molar-refractivity contribution in [3.63, 3.8) is 0 Å². The second-order valence-corrected chi connectivity index (χ2v) is 3.30. The average molecular weight is 265 g/mol. The molecule has 0 aliphatic heterocycles. The third-order valence-corrected chi connectivity index (χ3v) is 1.87. The minimum Gasteiger partial charge on any atom is -0.375 e. The molecule has 3 heteroatoms. The second-order valence-electron chi connectivity index (χ2n) is 1.82. The maximum atomic E-state index is 3.38. The quantitative estimate of drug-likeness (QED) is 0.639. The highest BCUT2D eigenvalue weighted by Gasteiger charge is 1.88. The lowest BCUT2D eigenvalue weighted by atomic mass is 10.3. The van der Waals surface area contributed by atoms with Crippen LogP contribution in [0.15, 0.2) is 28.7 Å². The van der Waals surface area contributed by atoms with Crippen molar-refractivity contribution >= 4 is 37.5 Å². The van der Waals surface area contributed by atoms with Crippen LogP contribution in [0.3, 0.4) is 0 Å². The van der Waals surface area contributed by atoms with E-state index in [9.17, 15) is 0 Å². The molecule has 0 aliphatic carbocycles. The average Bonchev–Trinajstić information content (AvgIpc) is 1.88. The van der Waals surface area contributed by atoms with Crippen LogP contribution in [-0.2, 0) is 0 Å². The third-order valence-electron chi connectivity index (χ3n) is 1.10. The SMILES string of the molecule is BrCNc1cccc(Br)c1. The Kier molecular flexibility index (Phi) is 3.22. The van der Waals surface area contributed by atoms with Crippen molar-refractivity contribution in [3.05, 3.63) is 28.7 Å². The molecule has 1 aromatic carbocycles. The Morgan fingerprint density at radius 1 is 1.40 bits per heavy atom. The molecule has 0 unspecified atom stereocenters. The topological polar surface area (TPSA) is 12.0 Å². The first-order valence-electron chi connectivity index (χ1n) is 2.88. The maximum Gasteiger partial charge on any atom is 0.0707 e. The number of halogens is 2. The van der Waals surface area contributed by atoms with E-state index in [0.29, 0.717) is 0 Å². The Morgan fingerprint density at radius 2 is 2.20 bits per heavy atom. The van der Waals surface area contributed by atoms with Crippen LogP contribution in [-0.4, -0.2) is 5.45 Å². The van der Waals surface area contributed by atoms with Crippen molar-refractivity contribution in [2.24, 2.45) is 0 Å². The van der Waals surface area contributed by atoms with E-state index < -0.39 is 0 Å². The predicted octanol–water partition coefficient (Wildman–Crippen LogP) is 3.21. The molecule has 1 rings (SSSR count). The predicted molar refractivity (Wildman–Crippen MR) is 51.6 cm³/mol. The molecule has 0 aromatic heterocycles. The number of nitrogens with one attached hydrogen (secondary N) is 1. The molecule has 0 saturated heterocycles. The van der Waals surface area contributed by atoms with Crippen molar-refractivity contribution in [2.75, 3.05) is 10.8 Å². The van der Waals surface area contributed by atoms with Gasteiger partial charge >= 0.3 is 0 Å². The van der Waals surface area contributed by atoms with Crippen molar-refractivity contribution in [3.8, 4) is 0 Å². The van der Waals surface area contributed by atoms with Gasteiger partial charge < -0.3 is 5.32 Å². The summed E-state index contributed by atoms with van der Waals surface area (Å²) in [7, 11) is 0. The Morgan fingerprint density at radius 3 is 2.80 bits per heavy atom. The molecule has 0 atom stereocenters. The van der Waals surface area contributed by atoms with Crippen molar-refractivity contribution in [1.29, 1.82) is 0 Å². The van der Waals surface area contributed by atoms with Crippen molar-refractivity contribution in [1.82, 2.24) is 0 Å². The van der Waals surface area contributed by atoms with Gasteiger partial charge in [0.15, 0.2) is 0 Å². The highest BCUT2D eigenvalue weighted by Crippen LogP contribution is 2.15. The molecule has 54 valence electrons. The Balaban J connectivity index is 2.75. The van der Waals surface area contributed by atoms with E-state index in [1.165, 1.54) is 0 Å². The molecule has 1 aromatic rings. The van der Waals surface area contributed by atoms with Gasteiger partial charge in [-0.2, -0.15) is 0 Å². The first-order chi connectivity index (χ1) is 4.83. The number of hydrogen-bond donors (Lipinski definition) is 1. The molecule has 0 amide bonds. The van der Waals surface area contributed by atoms with Crippen LogP contribution in [0, 0.1) is 0 Å².